The Morgan fingerprint density at radius 1 is 0.826 bits per heavy atom. The standard InChI is InChI=1S/C20H24N2O/c21-16-6-11-19(12-7-16)23-18-9-4-15(5-10-18)20-13-8-17-3-1-2-14-22(17)20/h4-7,9-12,17,20H,1-3,8,13-14,21H2. The second-order valence-electron chi connectivity index (χ2n) is 6.72. The maximum atomic E-state index is 5.89. The number of hydrogen-bond donors (Lipinski definition) is 1. The molecule has 0 aromatic heterocycles. The highest BCUT2D eigenvalue weighted by Gasteiger charge is 2.35. The summed E-state index contributed by atoms with van der Waals surface area (Å²) in [6, 6.07) is 17.6. The Hall–Kier alpha value is -2.00. The molecule has 0 bridgehead atoms. The lowest BCUT2D eigenvalue weighted by atomic mass is 10.0. The van der Waals surface area contributed by atoms with E-state index in [1.165, 1.54) is 44.2 Å². The quantitative estimate of drug-likeness (QED) is 0.832. The first-order chi connectivity index (χ1) is 11.3. The minimum Gasteiger partial charge on any atom is -0.457 e. The van der Waals surface area contributed by atoms with Gasteiger partial charge in [-0.25, -0.2) is 0 Å². The highest BCUT2D eigenvalue weighted by Crippen LogP contribution is 2.40. The molecular formula is C20H24N2O. The van der Waals surface area contributed by atoms with Crippen LogP contribution in [-0.2, 0) is 0 Å². The van der Waals surface area contributed by atoms with Crippen molar-refractivity contribution >= 4 is 5.69 Å². The minimum absolute atomic E-state index is 0.603. The van der Waals surface area contributed by atoms with E-state index in [1.54, 1.807) is 0 Å². The number of benzene rings is 2. The van der Waals surface area contributed by atoms with E-state index in [2.05, 4.69) is 29.2 Å². The number of ether oxygens (including phenoxy) is 1. The van der Waals surface area contributed by atoms with Crippen molar-refractivity contribution in [1.29, 1.82) is 0 Å². The summed E-state index contributed by atoms with van der Waals surface area (Å²) in [5, 5.41) is 0. The average molecular weight is 308 g/mol. The lowest BCUT2D eigenvalue weighted by Crippen LogP contribution is -2.35. The van der Waals surface area contributed by atoms with E-state index in [0.29, 0.717) is 6.04 Å². The van der Waals surface area contributed by atoms with Crippen LogP contribution in [0.1, 0.15) is 43.7 Å². The number of piperidine rings is 1. The first-order valence-electron chi connectivity index (χ1n) is 8.69. The molecule has 0 radical (unpaired) electrons. The number of nitrogens with two attached hydrogens (primary N) is 1. The van der Waals surface area contributed by atoms with Crippen molar-refractivity contribution in [2.75, 3.05) is 12.3 Å². The first-order valence-corrected chi connectivity index (χ1v) is 8.69. The van der Waals surface area contributed by atoms with Gasteiger partial charge in [0.05, 0.1) is 0 Å². The summed E-state index contributed by atoms with van der Waals surface area (Å²) in [6.07, 6.45) is 6.79. The van der Waals surface area contributed by atoms with Crippen LogP contribution < -0.4 is 10.5 Å². The summed E-state index contributed by atoms with van der Waals surface area (Å²) in [6.45, 7) is 1.26. The predicted molar refractivity (Wildman–Crippen MR) is 93.7 cm³/mol. The van der Waals surface area contributed by atoms with Crippen LogP contribution in [0.25, 0.3) is 0 Å². The van der Waals surface area contributed by atoms with Gasteiger partial charge in [-0.1, -0.05) is 18.6 Å². The van der Waals surface area contributed by atoms with Crippen LogP contribution >= 0.6 is 0 Å². The SMILES string of the molecule is Nc1ccc(Oc2ccc(C3CCC4CCCCN43)cc2)cc1. The van der Waals surface area contributed by atoms with Gasteiger partial charge in [-0.2, -0.15) is 0 Å². The van der Waals surface area contributed by atoms with Gasteiger partial charge in [0, 0.05) is 17.8 Å². The third-order valence-electron chi connectivity index (χ3n) is 5.23. The number of anilines is 1. The zero-order valence-electron chi connectivity index (χ0n) is 13.4. The fraction of sp³-hybridized carbons (Fsp3) is 0.400. The highest BCUT2D eigenvalue weighted by atomic mass is 16.5. The van der Waals surface area contributed by atoms with E-state index in [-0.39, 0.29) is 0 Å². The molecule has 2 unspecified atom stereocenters. The molecule has 2 heterocycles. The van der Waals surface area contributed by atoms with Crippen LogP contribution in [0.3, 0.4) is 0 Å². The Kier molecular flexibility index (Phi) is 3.96. The lowest BCUT2D eigenvalue weighted by Gasteiger charge is -2.34. The molecule has 2 aromatic carbocycles. The maximum absolute atomic E-state index is 5.89. The Morgan fingerprint density at radius 2 is 1.52 bits per heavy atom. The lowest BCUT2D eigenvalue weighted by molar-refractivity contribution is 0.150. The zero-order chi connectivity index (χ0) is 15.6. The Balaban J connectivity index is 1.46. The number of fused-ring (bicyclic) bond motifs is 1. The van der Waals surface area contributed by atoms with Crippen molar-refractivity contribution in [3.8, 4) is 11.5 Å². The van der Waals surface area contributed by atoms with Gasteiger partial charge in [0.1, 0.15) is 11.5 Å². The number of hydrogen-bond acceptors (Lipinski definition) is 3. The number of rotatable bonds is 3. The summed E-state index contributed by atoms with van der Waals surface area (Å²) < 4.78 is 5.89. The maximum Gasteiger partial charge on any atom is 0.127 e. The molecule has 2 aliphatic heterocycles. The molecule has 4 rings (SSSR count). The van der Waals surface area contributed by atoms with Crippen LogP contribution in [0.4, 0.5) is 5.69 Å². The molecule has 0 saturated carbocycles. The summed E-state index contributed by atoms with van der Waals surface area (Å²) in [7, 11) is 0. The molecule has 3 nitrogen and oxygen atoms in total. The van der Waals surface area contributed by atoms with Crippen molar-refractivity contribution < 1.29 is 4.74 Å². The van der Waals surface area contributed by atoms with Gasteiger partial charge in [0.15, 0.2) is 0 Å². The van der Waals surface area contributed by atoms with Gasteiger partial charge in [-0.15, -0.1) is 0 Å². The van der Waals surface area contributed by atoms with E-state index in [4.69, 9.17) is 10.5 Å². The largest absolute Gasteiger partial charge is 0.457 e. The topological polar surface area (TPSA) is 38.5 Å². The second-order valence-corrected chi connectivity index (χ2v) is 6.72. The van der Waals surface area contributed by atoms with Gasteiger partial charge < -0.3 is 10.5 Å². The van der Waals surface area contributed by atoms with Crippen molar-refractivity contribution in [3.05, 3.63) is 54.1 Å². The fourth-order valence-electron chi connectivity index (χ4n) is 4.05. The Bertz CT molecular complexity index is 650. The molecule has 2 aromatic rings. The molecule has 2 atom stereocenters. The molecule has 2 N–H and O–H groups in total. The molecule has 2 aliphatic rings. The molecule has 3 heteroatoms. The molecule has 0 spiro atoms. The predicted octanol–water partition coefficient (Wildman–Crippen LogP) is 4.75. The van der Waals surface area contributed by atoms with Crippen molar-refractivity contribution in [1.82, 2.24) is 4.90 Å². The van der Waals surface area contributed by atoms with Crippen LogP contribution in [0.15, 0.2) is 48.5 Å². The van der Waals surface area contributed by atoms with Gasteiger partial charge in [-0.05, 0) is 74.2 Å². The number of nitrogen functional groups attached to an aromatic ring is 1. The van der Waals surface area contributed by atoms with E-state index < -0.39 is 0 Å². The summed E-state index contributed by atoms with van der Waals surface area (Å²) in [4.78, 5) is 2.72. The molecule has 2 saturated heterocycles. The summed E-state index contributed by atoms with van der Waals surface area (Å²) >= 11 is 0. The monoisotopic (exact) mass is 308 g/mol. The third-order valence-corrected chi connectivity index (χ3v) is 5.23. The van der Waals surface area contributed by atoms with E-state index in [9.17, 15) is 0 Å². The van der Waals surface area contributed by atoms with Crippen molar-refractivity contribution in [2.24, 2.45) is 0 Å². The molecule has 0 amide bonds. The van der Waals surface area contributed by atoms with Crippen LogP contribution in [0.2, 0.25) is 0 Å². The van der Waals surface area contributed by atoms with Crippen molar-refractivity contribution in [2.45, 2.75) is 44.2 Å². The first kappa shape index (κ1) is 14.6. The van der Waals surface area contributed by atoms with Crippen LogP contribution in [0, 0.1) is 0 Å². The average Bonchev–Trinajstić information content (AvgIpc) is 3.02. The zero-order valence-corrected chi connectivity index (χ0v) is 13.4. The van der Waals surface area contributed by atoms with E-state index in [1.807, 2.05) is 24.3 Å². The molecular weight excluding hydrogens is 284 g/mol. The summed E-state index contributed by atoms with van der Waals surface area (Å²) in [5.41, 5.74) is 7.89. The van der Waals surface area contributed by atoms with Crippen LogP contribution in [-0.4, -0.2) is 17.5 Å². The normalized spacial score (nSPS) is 24.3. The van der Waals surface area contributed by atoms with Gasteiger partial charge in [0.2, 0.25) is 0 Å². The molecule has 120 valence electrons. The Labute approximate surface area is 138 Å². The fourth-order valence-corrected chi connectivity index (χ4v) is 4.05. The van der Waals surface area contributed by atoms with Crippen LogP contribution in [0.5, 0.6) is 11.5 Å². The van der Waals surface area contributed by atoms with Gasteiger partial charge >= 0.3 is 0 Å². The summed E-state index contributed by atoms with van der Waals surface area (Å²) in [5.74, 6) is 1.70. The molecule has 0 aliphatic carbocycles. The minimum atomic E-state index is 0.603. The highest BCUT2D eigenvalue weighted by molar-refractivity contribution is 5.43. The third kappa shape index (κ3) is 3.06. The second kappa shape index (κ2) is 6.25. The van der Waals surface area contributed by atoms with E-state index in [0.717, 1.165) is 23.2 Å². The van der Waals surface area contributed by atoms with Crippen molar-refractivity contribution in [3.63, 3.8) is 0 Å². The Morgan fingerprint density at radius 3 is 2.26 bits per heavy atom. The van der Waals surface area contributed by atoms with E-state index >= 15 is 0 Å². The smallest absolute Gasteiger partial charge is 0.127 e. The molecule has 2 fully saturated rings. The van der Waals surface area contributed by atoms with Gasteiger partial charge in [-0.3, -0.25) is 4.90 Å². The van der Waals surface area contributed by atoms with Gasteiger partial charge in [0.25, 0.3) is 0 Å². The number of nitrogens with zero attached hydrogens (tertiary/aromatic N) is 1. The molecule has 23 heavy (non-hydrogen) atoms.